The van der Waals surface area contributed by atoms with Crippen molar-refractivity contribution in [1.82, 2.24) is 22.3 Å². The van der Waals surface area contributed by atoms with Crippen molar-refractivity contribution in [2.75, 3.05) is 50.5 Å². The van der Waals surface area contributed by atoms with Gasteiger partial charge in [-0.05, 0) is 172 Å². The van der Waals surface area contributed by atoms with Crippen LogP contribution in [0.4, 0.5) is 38.5 Å². The lowest BCUT2D eigenvalue weighted by atomic mass is 9.92. The van der Waals surface area contributed by atoms with Crippen molar-refractivity contribution < 1.29 is 66.7 Å². The number of anilines is 2. The number of carbonyl (C=O) groups excluding carboxylic acids is 3. The molecule has 3 aromatic heterocycles. The van der Waals surface area contributed by atoms with Crippen LogP contribution in [0.3, 0.4) is 0 Å². The van der Waals surface area contributed by atoms with Crippen LogP contribution in [-0.2, 0) is 77.8 Å². The molecule has 0 saturated carbocycles. The minimum atomic E-state index is -4.22. The largest absolute Gasteiger partial charge is 0.443 e. The molecule has 0 spiro atoms. The number of nitrogens with zero attached hydrogens (tertiary/aromatic N) is 9. The van der Waals surface area contributed by atoms with E-state index in [2.05, 4.69) is 0 Å². The van der Waals surface area contributed by atoms with E-state index in [9.17, 15) is 71.6 Å². The van der Waals surface area contributed by atoms with Gasteiger partial charge in [0.05, 0.1) is 40.1 Å². The molecule has 2 aliphatic rings. The number of sulfonamides is 2. The van der Waals surface area contributed by atoms with E-state index in [-0.39, 0.29) is 56.3 Å². The van der Waals surface area contributed by atoms with Crippen LogP contribution in [0.15, 0.2) is 189 Å². The van der Waals surface area contributed by atoms with Crippen LogP contribution >= 0.6 is 0 Å². The number of halogens is 4. The molecule has 24 nitrogen and oxygen atoms in total. The van der Waals surface area contributed by atoms with Crippen molar-refractivity contribution >= 4 is 70.7 Å². The minimum absolute atomic E-state index is 0.00537. The average molecular weight is 1560 g/mol. The Bertz CT molecular complexity index is 5600. The number of benzene rings is 6. The fraction of sp³-hybridized carbons (Fsp3) is 0.282. The second kappa shape index (κ2) is 33.6. The number of aryl methyl sites for hydroxylation is 3. The summed E-state index contributed by atoms with van der Waals surface area (Å²) in [5.41, 5.74) is 11.2. The second-order valence-corrected chi connectivity index (χ2v) is 33.8. The SMILES string of the molecule is CCN.CCS(=O)(=O)Cc1ccc2c(c1)-c1cn(C)c(=O)cc1N(C)N=C2c1ccc(F)cc1.CN(C(=O)OC(C)(C)C)S(=O)(=O)Cc1ccc(C(=O)c2ccc(F)cc2)c(-c2cn(C)c(=O)cc2F)c1.CN1N=C(c2ccc(F)cc2)c2ccc(CS(=O)(=O)N(C)C(=O)OC(C)(C)C)cc2-c2cn(C)c(=O)cc21. The highest BCUT2D eigenvalue weighted by molar-refractivity contribution is 7.90. The molecule has 2 N–H and O–H groups in total. The molecule has 0 fully saturated rings. The zero-order chi connectivity index (χ0) is 80.7. The summed E-state index contributed by atoms with van der Waals surface area (Å²) in [6.45, 7) is 14.0. The van der Waals surface area contributed by atoms with Gasteiger partial charge in [-0.15, -0.1) is 0 Å². The fourth-order valence-electron chi connectivity index (χ4n) is 11.1. The van der Waals surface area contributed by atoms with Crippen molar-refractivity contribution in [2.45, 2.75) is 83.9 Å². The van der Waals surface area contributed by atoms with Crippen LogP contribution in [-0.4, -0.2) is 129 Å². The van der Waals surface area contributed by atoms with Crippen LogP contribution in [0, 0.1) is 23.3 Å². The summed E-state index contributed by atoms with van der Waals surface area (Å²) in [7, 11) is -1.15. The summed E-state index contributed by atoms with van der Waals surface area (Å²) in [6, 6.07) is 34.9. The van der Waals surface area contributed by atoms with Gasteiger partial charge in [-0.2, -0.15) is 10.2 Å². The van der Waals surface area contributed by atoms with Gasteiger partial charge in [0.25, 0.3) is 16.7 Å². The first-order valence-electron chi connectivity index (χ1n) is 33.8. The van der Waals surface area contributed by atoms with Crippen molar-refractivity contribution in [3.8, 4) is 33.4 Å². The Kier molecular flexibility index (Phi) is 25.7. The topological polar surface area (TPSA) is 302 Å². The lowest BCUT2D eigenvalue weighted by Crippen LogP contribution is -2.38. The number of aromatic nitrogens is 3. The van der Waals surface area contributed by atoms with Gasteiger partial charge in [0, 0.05) is 142 Å². The van der Waals surface area contributed by atoms with Gasteiger partial charge in [0.15, 0.2) is 15.6 Å². The number of ketones is 1. The smallest absolute Gasteiger partial charge is 0.423 e. The number of hydrogen-bond donors (Lipinski definition) is 1. The Morgan fingerprint density at radius 3 is 1.17 bits per heavy atom. The third kappa shape index (κ3) is 20.6. The summed E-state index contributed by atoms with van der Waals surface area (Å²) in [5, 5.41) is 12.6. The third-order valence-electron chi connectivity index (χ3n) is 16.7. The molecule has 6 aromatic carbocycles. The Balaban J connectivity index is 0.000000203. The Morgan fingerprint density at radius 2 is 0.789 bits per heavy atom. The molecule has 0 unspecified atom stereocenters. The highest BCUT2D eigenvalue weighted by Crippen LogP contribution is 2.40. The van der Waals surface area contributed by atoms with E-state index >= 15 is 0 Å². The van der Waals surface area contributed by atoms with E-state index in [1.54, 1.807) is 148 Å². The predicted molar refractivity (Wildman–Crippen MR) is 413 cm³/mol. The first-order chi connectivity index (χ1) is 50.8. The fourth-order valence-corrected chi connectivity index (χ4v) is 14.1. The quantitative estimate of drug-likeness (QED) is 0.0781. The van der Waals surface area contributed by atoms with Gasteiger partial charge >= 0.3 is 12.2 Å². The van der Waals surface area contributed by atoms with E-state index in [4.69, 9.17) is 25.4 Å². The molecule has 576 valence electrons. The highest BCUT2D eigenvalue weighted by Gasteiger charge is 2.33. The highest BCUT2D eigenvalue weighted by atomic mass is 32.2. The zero-order valence-corrected chi connectivity index (χ0v) is 65.1. The van der Waals surface area contributed by atoms with Crippen LogP contribution < -0.4 is 32.4 Å². The number of hydrogen-bond acceptors (Lipinski definition) is 19. The summed E-state index contributed by atoms with van der Waals surface area (Å²) < 4.78 is 147. The third-order valence-corrected chi connectivity index (χ3v) is 21.7. The summed E-state index contributed by atoms with van der Waals surface area (Å²) in [6.07, 6.45) is 2.55. The Labute approximate surface area is 629 Å². The van der Waals surface area contributed by atoms with Crippen LogP contribution in [0.2, 0.25) is 0 Å². The first kappa shape index (κ1) is 83.5. The van der Waals surface area contributed by atoms with Crippen molar-refractivity contribution in [3.05, 3.63) is 269 Å². The molecule has 0 radical (unpaired) electrons. The zero-order valence-electron chi connectivity index (χ0n) is 62.7. The molecule has 11 rings (SSSR count). The summed E-state index contributed by atoms with van der Waals surface area (Å²) >= 11 is 0. The second-order valence-electron chi connectivity index (χ2n) is 27.5. The number of rotatable bonds is 14. The lowest BCUT2D eigenvalue weighted by molar-refractivity contribution is 0.0407. The number of carbonyl (C=O) groups is 3. The van der Waals surface area contributed by atoms with Gasteiger partial charge in [0.2, 0.25) is 20.0 Å². The molecule has 5 heterocycles. The van der Waals surface area contributed by atoms with Gasteiger partial charge in [-0.25, -0.2) is 61.0 Å². The molecule has 0 atom stereocenters. The number of fused-ring (bicyclic) bond motifs is 6. The normalized spacial score (nSPS) is 12.6. The number of hydrazone groups is 2. The van der Waals surface area contributed by atoms with E-state index < -0.39 is 93.6 Å². The summed E-state index contributed by atoms with van der Waals surface area (Å²) in [5.74, 6) is -3.90. The molecule has 0 bridgehead atoms. The number of ether oxygens (including phenoxy) is 2. The van der Waals surface area contributed by atoms with Gasteiger partial charge in [0.1, 0.15) is 34.5 Å². The Morgan fingerprint density at radius 1 is 0.450 bits per heavy atom. The molecule has 109 heavy (non-hydrogen) atoms. The average Bonchev–Trinajstić information content (AvgIpc) is 1.65. The van der Waals surface area contributed by atoms with E-state index in [0.717, 1.165) is 60.1 Å². The molecule has 2 amide bonds. The first-order valence-corrected chi connectivity index (χ1v) is 38.8. The molecule has 9 aromatic rings. The van der Waals surface area contributed by atoms with Gasteiger partial charge < -0.3 is 28.9 Å². The number of pyridine rings is 3. The molecular formula is C78H84F4N10O14S3. The van der Waals surface area contributed by atoms with Gasteiger partial charge in [-0.3, -0.25) is 29.2 Å². The Hall–Kier alpha value is -11.2. The van der Waals surface area contributed by atoms with Crippen LogP contribution in [0.25, 0.3) is 33.4 Å². The maximum atomic E-state index is 14.9. The molecular weight excluding hydrogens is 1470 g/mol. The molecule has 31 heteroatoms. The molecule has 0 saturated heterocycles. The maximum Gasteiger partial charge on any atom is 0.423 e. The van der Waals surface area contributed by atoms with E-state index in [1.807, 2.05) is 19.1 Å². The van der Waals surface area contributed by atoms with Crippen molar-refractivity contribution in [2.24, 2.45) is 37.1 Å². The molecule has 2 aliphatic heterocycles. The molecule has 0 aliphatic carbocycles. The minimum Gasteiger partial charge on any atom is -0.443 e. The number of sulfone groups is 1. The van der Waals surface area contributed by atoms with E-state index in [0.29, 0.717) is 70.4 Å². The monoisotopic (exact) mass is 1560 g/mol. The maximum absolute atomic E-state index is 14.9. The number of nitrogens with two attached hydrogens (primary N) is 1. The lowest BCUT2D eigenvalue weighted by Gasteiger charge is -2.24. The number of amides is 2. The van der Waals surface area contributed by atoms with Crippen molar-refractivity contribution in [3.63, 3.8) is 0 Å². The predicted octanol–water partition coefficient (Wildman–Crippen LogP) is 11.6. The van der Waals surface area contributed by atoms with Crippen LogP contribution in [0.5, 0.6) is 0 Å². The summed E-state index contributed by atoms with van der Waals surface area (Å²) in [4.78, 5) is 74.6. The van der Waals surface area contributed by atoms with Crippen LogP contribution in [0.1, 0.15) is 110 Å². The van der Waals surface area contributed by atoms with E-state index in [1.165, 1.54) is 89.1 Å². The van der Waals surface area contributed by atoms with Crippen molar-refractivity contribution in [1.29, 1.82) is 0 Å². The van der Waals surface area contributed by atoms with Gasteiger partial charge in [-0.1, -0.05) is 50.2 Å². The standard InChI is InChI=1S/C27H29FN4O5S.C26H26F2N2O6S.C23H22FN3O3S.C2H7N/c1-27(2,3)37-26(34)32(6)38(35,36)16-17-7-12-20-21(13-17)22-15-30(4)24(33)14-23(22)31(5)29-25(20)18-8-10-19(28)11-9-18;1-26(2,3)36-25(33)30(5)37(34,35)15-16-6-11-19(24(32)17-7-9-18(27)10-8-17)20(12-16)21-14-29(4)23(31)13-22(21)28;1-4-31(29,30)14-15-5-10-18-19(11-15)20-13-26(2)22(28)12-21(20)27(3)25-23(18)16-6-8-17(24)9-7-16;1-2-3/h7-15H,16H2,1-6H3;6-14H,15H2,1-5H3;5-13H,4,14H2,1-3H3;2-3H2,1H3.